The maximum atomic E-state index is 12.6. The fraction of sp³-hybridized carbons (Fsp3) is 0.588. The van der Waals surface area contributed by atoms with Crippen molar-refractivity contribution in [2.75, 3.05) is 13.7 Å². The number of ether oxygens (including phenoxy) is 1. The molecule has 0 aromatic heterocycles. The van der Waals surface area contributed by atoms with E-state index in [4.69, 9.17) is 10.5 Å². The highest BCUT2D eigenvalue weighted by Gasteiger charge is 2.29. The fourth-order valence-corrected chi connectivity index (χ4v) is 3.06. The number of nitrogens with zero attached hydrogens (tertiary/aromatic N) is 1. The third-order valence-electron chi connectivity index (χ3n) is 4.30. The van der Waals surface area contributed by atoms with Crippen molar-refractivity contribution in [3.63, 3.8) is 0 Å². The molecule has 0 bridgehead atoms. The summed E-state index contributed by atoms with van der Waals surface area (Å²) in [5, 5.41) is 0. The molecule has 0 saturated carbocycles. The lowest BCUT2D eigenvalue weighted by molar-refractivity contribution is -0.134. The number of amides is 1. The molecule has 1 amide bonds. The van der Waals surface area contributed by atoms with Crippen LogP contribution in [0.3, 0.4) is 0 Å². The minimum Gasteiger partial charge on any atom is -0.496 e. The van der Waals surface area contributed by atoms with Gasteiger partial charge >= 0.3 is 0 Å². The second-order valence-electron chi connectivity index (χ2n) is 5.99. The summed E-state index contributed by atoms with van der Waals surface area (Å²) in [7, 11) is 1.66. The Morgan fingerprint density at radius 1 is 1.48 bits per heavy atom. The van der Waals surface area contributed by atoms with Crippen LogP contribution in [0.15, 0.2) is 18.2 Å². The molecule has 1 aromatic rings. The Balaban J connectivity index is 2.09. The van der Waals surface area contributed by atoms with Crippen LogP contribution >= 0.6 is 0 Å². The van der Waals surface area contributed by atoms with Gasteiger partial charge in [-0.3, -0.25) is 4.79 Å². The Kier molecular flexibility index (Phi) is 5.23. The number of carbonyl (C=O) groups is 1. The van der Waals surface area contributed by atoms with Gasteiger partial charge in [-0.05, 0) is 50.3 Å². The van der Waals surface area contributed by atoms with Crippen molar-refractivity contribution >= 4 is 5.91 Å². The topological polar surface area (TPSA) is 55.6 Å². The van der Waals surface area contributed by atoms with Crippen molar-refractivity contribution in [3.05, 3.63) is 29.3 Å². The first kappa shape index (κ1) is 15.8. The molecule has 1 heterocycles. The van der Waals surface area contributed by atoms with E-state index in [2.05, 4.69) is 0 Å². The quantitative estimate of drug-likeness (QED) is 0.925. The van der Waals surface area contributed by atoms with Crippen molar-refractivity contribution in [2.24, 2.45) is 5.73 Å². The largest absolute Gasteiger partial charge is 0.496 e. The Morgan fingerprint density at radius 2 is 2.24 bits per heavy atom. The first-order valence-electron chi connectivity index (χ1n) is 7.71. The van der Waals surface area contributed by atoms with Gasteiger partial charge in [-0.1, -0.05) is 12.1 Å². The summed E-state index contributed by atoms with van der Waals surface area (Å²) in [4.78, 5) is 14.6. The zero-order chi connectivity index (χ0) is 15.4. The van der Waals surface area contributed by atoms with Crippen LogP contribution in [0, 0.1) is 6.92 Å². The van der Waals surface area contributed by atoms with Gasteiger partial charge in [0.15, 0.2) is 0 Å². The molecule has 2 N–H and O–H groups in total. The van der Waals surface area contributed by atoms with Crippen LogP contribution in [-0.2, 0) is 11.2 Å². The molecule has 0 spiro atoms. The van der Waals surface area contributed by atoms with Crippen LogP contribution in [0.4, 0.5) is 0 Å². The first-order chi connectivity index (χ1) is 10.0. The lowest BCUT2D eigenvalue weighted by Crippen LogP contribution is -2.52. The van der Waals surface area contributed by atoms with E-state index in [1.807, 2.05) is 36.9 Å². The molecule has 0 radical (unpaired) electrons. The van der Waals surface area contributed by atoms with Gasteiger partial charge in [-0.15, -0.1) is 0 Å². The van der Waals surface area contributed by atoms with Crippen molar-refractivity contribution in [2.45, 2.75) is 51.6 Å². The van der Waals surface area contributed by atoms with Gasteiger partial charge in [0.1, 0.15) is 5.75 Å². The summed E-state index contributed by atoms with van der Waals surface area (Å²) < 4.78 is 5.33. The molecule has 1 aromatic carbocycles. The zero-order valence-electron chi connectivity index (χ0n) is 13.3. The summed E-state index contributed by atoms with van der Waals surface area (Å²) >= 11 is 0. The van der Waals surface area contributed by atoms with Gasteiger partial charge in [0.05, 0.1) is 13.5 Å². The molecule has 4 nitrogen and oxygen atoms in total. The number of methoxy groups -OCH3 is 1. The highest BCUT2D eigenvalue weighted by atomic mass is 16.5. The summed E-state index contributed by atoms with van der Waals surface area (Å²) in [6, 6.07) is 6.17. The van der Waals surface area contributed by atoms with E-state index in [1.165, 1.54) is 0 Å². The molecule has 1 aliphatic rings. The number of rotatable bonds is 4. The summed E-state index contributed by atoms with van der Waals surface area (Å²) in [6.45, 7) is 4.82. The smallest absolute Gasteiger partial charge is 0.227 e. The van der Waals surface area contributed by atoms with Crippen LogP contribution in [0.1, 0.15) is 37.3 Å². The van der Waals surface area contributed by atoms with Gasteiger partial charge in [0.2, 0.25) is 5.91 Å². The number of hydrogen-bond donors (Lipinski definition) is 1. The SMILES string of the molecule is COc1cc(CC(=O)N2CCCC[C@H]2[C@H](C)N)ccc1C. The van der Waals surface area contributed by atoms with E-state index >= 15 is 0 Å². The second-order valence-corrected chi connectivity index (χ2v) is 5.99. The number of hydrogen-bond acceptors (Lipinski definition) is 3. The van der Waals surface area contributed by atoms with Crippen molar-refractivity contribution < 1.29 is 9.53 Å². The molecular formula is C17H26N2O2. The molecule has 21 heavy (non-hydrogen) atoms. The molecule has 4 heteroatoms. The second kappa shape index (κ2) is 6.94. The maximum absolute atomic E-state index is 12.6. The minimum absolute atomic E-state index is 0.0294. The van der Waals surface area contributed by atoms with Gasteiger partial charge < -0.3 is 15.4 Å². The molecule has 1 fully saturated rings. The fourth-order valence-electron chi connectivity index (χ4n) is 3.06. The monoisotopic (exact) mass is 290 g/mol. The number of benzene rings is 1. The van der Waals surface area contributed by atoms with Crippen LogP contribution in [-0.4, -0.2) is 36.5 Å². The average Bonchev–Trinajstić information content (AvgIpc) is 2.49. The van der Waals surface area contributed by atoms with Crippen LogP contribution in [0.5, 0.6) is 5.75 Å². The van der Waals surface area contributed by atoms with Gasteiger partial charge in [-0.2, -0.15) is 0 Å². The predicted molar refractivity (Wildman–Crippen MR) is 84.4 cm³/mol. The number of aryl methyl sites for hydroxylation is 1. The molecule has 2 rings (SSSR count). The van der Waals surface area contributed by atoms with E-state index in [-0.39, 0.29) is 18.0 Å². The lowest BCUT2D eigenvalue weighted by atomic mass is 9.96. The molecule has 2 atom stereocenters. The number of likely N-dealkylation sites (tertiary alicyclic amines) is 1. The highest BCUT2D eigenvalue weighted by Crippen LogP contribution is 2.22. The molecule has 116 valence electrons. The van der Waals surface area contributed by atoms with Crippen LogP contribution in [0.2, 0.25) is 0 Å². The van der Waals surface area contributed by atoms with E-state index in [0.717, 1.165) is 42.7 Å². The highest BCUT2D eigenvalue weighted by molar-refractivity contribution is 5.79. The first-order valence-corrected chi connectivity index (χ1v) is 7.71. The number of nitrogens with two attached hydrogens (primary N) is 1. The van der Waals surface area contributed by atoms with Gasteiger partial charge in [0.25, 0.3) is 0 Å². The normalized spacial score (nSPS) is 20.2. The summed E-state index contributed by atoms with van der Waals surface area (Å²) in [5.74, 6) is 1.01. The lowest BCUT2D eigenvalue weighted by Gasteiger charge is -2.38. The Hall–Kier alpha value is -1.55. The van der Waals surface area contributed by atoms with Crippen molar-refractivity contribution in [1.29, 1.82) is 0 Å². The molecule has 1 saturated heterocycles. The van der Waals surface area contributed by atoms with Crippen LogP contribution < -0.4 is 10.5 Å². The Morgan fingerprint density at radius 3 is 2.90 bits per heavy atom. The summed E-state index contributed by atoms with van der Waals surface area (Å²) in [6.07, 6.45) is 3.67. The van der Waals surface area contributed by atoms with Gasteiger partial charge in [-0.25, -0.2) is 0 Å². The average molecular weight is 290 g/mol. The van der Waals surface area contributed by atoms with E-state index in [0.29, 0.717) is 6.42 Å². The maximum Gasteiger partial charge on any atom is 0.227 e. The summed E-state index contributed by atoms with van der Waals surface area (Å²) in [5.41, 5.74) is 8.12. The van der Waals surface area contributed by atoms with E-state index < -0.39 is 0 Å². The minimum atomic E-state index is 0.0294. The zero-order valence-corrected chi connectivity index (χ0v) is 13.3. The third kappa shape index (κ3) is 3.76. The number of piperidine rings is 1. The van der Waals surface area contributed by atoms with E-state index in [9.17, 15) is 4.79 Å². The third-order valence-corrected chi connectivity index (χ3v) is 4.30. The number of carbonyl (C=O) groups excluding carboxylic acids is 1. The van der Waals surface area contributed by atoms with Gasteiger partial charge in [0, 0.05) is 18.6 Å². The van der Waals surface area contributed by atoms with Crippen molar-refractivity contribution in [3.8, 4) is 5.75 Å². The Labute approximate surface area is 127 Å². The molecular weight excluding hydrogens is 264 g/mol. The van der Waals surface area contributed by atoms with E-state index in [1.54, 1.807) is 7.11 Å². The molecule has 0 unspecified atom stereocenters. The Bertz CT molecular complexity index is 500. The van der Waals surface area contributed by atoms with Crippen LogP contribution in [0.25, 0.3) is 0 Å². The predicted octanol–water partition coefficient (Wildman–Crippen LogP) is 2.27. The molecule has 0 aliphatic carbocycles. The molecule has 1 aliphatic heterocycles. The van der Waals surface area contributed by atoms with Crippen molar-refractivity contribution in [1.82, 2.24) is 4.90 Å². The standard InChI is InChI=1S/C17H26N2O2/c1-12-7-8-14(10-16(12)21-3)11-17(20)19-9-5-4-6-15(19)13(2)18/h7-8,10,13,15H,4-6,9,11,18H2,1-3H3/t13-,15-/m0/s1.